The van der Waals surface area contributed by atoms with E-state index in [9.17, 15) is 4.79 Å². The zero-order valence-electron chi connectivity index (χ0n) is 16.3. The van der Waals surface area contributed by atoms with Gasteiger partial charge >= 0.3 is 0 Å². The van der Waals surface area contributed by atoms with E-state index in [4.69, 9.17) is 4.98 Å². The van der Waals surface area contributed by atoms with E-state index < -0.39 is 0 Å². The molecule has 1 aromatic heterocycles. The number of hydrogen-bond donors (Lipinski definition) is 1. The molecule has 146 valence electrons. The largest absolute Gasteiger partial charge is 0.354 e. The predicted molar refractivity (Wildman–Crippen MR) is 116 cm³/mol. The Balaban J connectivity index is 1.23. The molecular weight excluding hydrogens is 366 g/mol. The van der Waals surface area contributed by atoms with Crippen molar-refractivity contribution in [1.29, 1.82) is 0 Å². The molecular formula is C23H27N3OS. The van der Waals surface area contributed by atoms with Crippen LogP contribution in [-0.2, 0) is 4.79 Å². The van der Waals surface area contributed by atoms with Crippen molar-refractivity contribution in [3.8, 4) is 0 Å². The summed E-state index contributed by atoms with van der Waals surface area (Å²) in [7, 11) is 0. The van der Waals surface area contributed by atoms with Crippen LogP contribution in [0.3, 0.4) is 0 Å². The van der Waals surface area contributed by atoms with Gasteiger partial charge in [-0.25, -0.2) is 4.98 Å². The van der Waals surface area contributed by atoms with Gasteiger partial charge in [0.2, 0.25) is 5.91 Å². The van der Waals surface area contributed by atoms with Crippen LogP contribution in [0.5, 0.6) is 0 Å². The molecule has 1 atom stereocenters. The molecule has 0 aliphatic carbocycles. The van der Waals surface area contributed by atoms with E-state index in [1.807, 2.05) is 35.6 Å². The van der Waals surface area contributed by atoms with Crippen LogP contribution in [0.25, 0.3) is 10.2 Å². The van der Waals surface area contributed by atoms with E-state index >= 15 is 0 Å². The number of thiazole rings is 1. The molecule has 28 heavy (non-hydrogen) atoms. The quantitative estimate of drug-likeness (QED) is 0.675. The van der Waals surface area contributed by atoms with Crippen molar-refractivity contribution in [1.82, 2.24) is 15.2 Å². The molecule has 0 saturated carbocycles. The van der Waals surface area contributed by atoms with Gasteiger partial charge in [-0.05, 0) is 49.5 Å². The van der Waals surface area contributed by atoms with Crippen molar-refractivity contribution < 1.29 is 4.79 Å². The fraction of sp³-hybridized carbons (Fsp3) is 0.391. The van der Waals surface area contributed by atoms with E-state index in [1.165, 1.54) is 15.3 Å². The molecule has 1 N–H and O–H groups in total. The average Bonchev–Trinajstić information content (AvgIpc) is 3.17. The third-order valence-electron chi connectivity index (χ3n) is 5.59. The Morgan fingerprint density at radius 3 is 2.61 bits per heavy atom. The number of nitrogens with one attached hydrogen (secondary N) is 1. The average molecular weight is 394 g/mol. The van der Waals surface area contributed by atoms with Crippen LogP contribution in [0, 0.1) is 0 Å². The number of hydrogen-bond acceptors (Lipinski definition) is 4. The Bertz CT molecular complexity index is 883. The van der Waals surface area contributed by atoms with E-state index in [-0.39, 0.29) is 5.91 Å². The molecule has 1 aliphatic heterocycles. The van der Waals surface area contributed by atoms with Crippen LogP contribution in [-0.4, -0.2) is 42.0 Å². The smallest absolute Gasteiger partial charge is 0.234 e. The summed E-state index contributed by atoms with van der Waals surface area (Å²) in [6.07, 6.45) is 2.15. The lowest BCUT2D eigenvalue weighted by Crippen LogP contribution is -2.42. The number of carbonyl (C=O) groups excluding carboxylic acids is 1. The third-order valence-corrected chi connectivity index (χ3v) is 6.79. The second kappa shape index (κ2) is 8.84. The molecule has 2 heterocycles. The number of para-hydroxylation sites is 1. The van der Waals surface area contributed by atoms with Gasteiger partial charge < -0.3 is 5.32 Å². The second-order valence-electron chi connectivity index (χ2n) is 7.69. The topological polar surface area (TPSA) is 45.2 Å². The number of likely N-dealkylation sites (tertiary alicyclic amines) is 1. The lowest BCUT2D eigenvalue weighted by atomic mass is 9.97. The minimum absolute atomic E-state index is 0.126. The molecule has 1 aliphatic rings. The van der Waals surface area contributed by atoms with Crippen LogP contribution in [0.2, 0.25) is 0 Å². The first kappa shape index (κ1) is 19.1. The fourth-order valence-electron chi connectivity index (χ4n) is 3.83. The van der Waals surface area contributed by atoms with Gasteiger partial charge in [0.25, 0.3) is 0 Å². The number of amides is 1. The summed E-state index contributed by atoms with van der Waals surface area (Å²) in [5, 5.41) is 4.35. The molecule has 1 saturated heterocycles. The zero-order chi connectivity index (χ0) is 19.3. The summed E-state index contributed by atoms with van der Waals surface area (Å²) in [6, 6.07) is 18.7. The highest BCUT2D eigenvalue weighted by molar-refractivity contribution is 7.18. The van der Waals surface area contributed by atoms with Gasteiger partial charge in [-0.2, -0.15) is 0 Å². The number of carbonyl (C=O) groups is 1. The molecule has 2 aromatic carbocycles. The Morgan fingerprint density at radius 1 is 1.14 bits per heavy atom. The van der Waals surface area contributed by atoms with Crippen molar-refractivity contribution in [3.05, 3.63) is 65.2 Å². The van der Waals surface area contributed by atoms with Crippen molar-refractivity contribution >= 4 is 27.5 Å². The Hall–Kier alpha value is -2.24. The molecule has 1 fully saturated rings. The number of rotatable bonds is 6. The fourth-order valence-corrected chi connectivity index (χ4v) is 4.96. The Labute approximate surface area is 170 Å². The minimum atomic E-state index is 0.126. The maximum absolute atomic E-state index is 12.4. The van der Waals surface area contributed by atoms with Gasteiger partial charge in [0.1, 0.15) is 0 Å². The summed E-state index contributed by atoms with van der Waals surface area (Å²) in [4.78, 5) is 19.4. The van der Waals surface area contributed by atoms with E-state index in [1.54, 1.807) is 0 Å². The van der Waals surface area contributed by atoms with E-state index in [0.29, 0.717) is 24.9 Å². The summed E-state index contributed by atoms with van der Waals surface area (Å²) >= 11 is 1.82. The zero-order valence-corrected chi connectivity index (χ0v) is 17.1. The van der Waals surface area contributed by atoms with Crippen LogP contribution in [0.4, 0.5) is 0 Å². The van der Waals surface area contributed by atoms with Gasteiger partial charge in [0, 0.05) is 12.5 Å². The van der Waals surface area contributed by atoms with E-state index in [2.05, 4.69) is 47.5 Å². The summed E-state index contributed by atoms with van der Waals surface area (Å²) < 4.78 is 1.27. The standard InChI is InChI=1S/C23H27N3OS/c1-17(18-7-3-2-4-8-18)15-24-22(27)16-26-13-11-19(12-14-26)23-25-20-9-5-6-10-21(20)28-23/h2-10,17,19H,11-16H2,1H3,(H,24,27)/t17-/m1/s1. The SMILES string of the molecule is C[C@H](CNC(=O)CN1CCC(c2nc3ccccc3s2)CC1)c1ccccc1. The van der Waals surface area contributed by atoms with Gasteiger partial charge in [0.15, 0.2) is 0 Å². The monoisotopic (exact) mass is 393 g/mol. The van der Waals surface area contributed by atoms with Crippen molar-refractivity contribution in [2.45, 2.75) is 31.6 Å². The molecule has 0 unspecified atom stereocenters. The normalized spacial score (nSPS) is 16.9. The Morgan fingerprint density at radius 2 is 1.86 bits per heavy atom. The molecule has 1 amide bonds. The highest BCUT2D eigenvalue weighted by Crippen LogP contribution is 2.33. The van der Waals surface area contributed by atoms with Gasteiger partial charge in [-0.1, -0.05) is 49.4 Å². The van der Waals surface area contributed by atoms with Crippen molar-refractivity contribution in [2.75, 3.05) is 26.2 Å². The second-order valence-corrected chi connectivity index (χ2v) is 8.75. The molecule has 4 rings (SSSR count). The maximum Gasteiger partial charge on any atom is 0.234 e. The summed E-state index contributed by atoms with van der Waals surface area (Å²) in [6.45, 7) is 5.25. The van der Waals surface area contributed by atoms with Gasteiger partial charge in [-0.15, -0.1) is 11.3 Å². The summed E-state index contributed by atoms with van der Waals surface area (Å²) in [5.41, 5.74) is 2.37. The first-order chi connectivity index (χ1) is 13.7. The van der Waals surface area contributed by atoms with Gasteiger partial charge in [0.05, 0.1) is 21.8 Å². The first-order valence-electron chi connectivity index (χ1n) is 10.1. The summed E-state index contributed by atoms with van der Waals surface area (Å²) in [5.74, 6) is 0.978. The predicted octanol–water partition coefficient (Wildman–Crippen LogP) is 4.40. The lowest BCUT2D eigenvalue weighted by molar-refractivity contribution is -0.122. The van der Waals surface area contributed by atoms with Crippen LogP contribution >= 0.6 is 11.3 Å². The number of piperidine rings is 1. The first-order valence-corrected chi connectivity index (χ1v) is 10.9. The highest BCUT2D eigenvalue weighted by Gasteiger charge is 2.24. The highest BCUT2D eigenvalue weighted by atomic mass is 32.1. The van der Waals surface area contributed by atoms with E-state index in [0.717, 1.165) is 31.4 Å². The third kappa shape index (κ3) is 4.59. The minimum Gasteiger partial charge on any atom is -0.354 e. The number of fused-ring (bicyclic) bond motifs is 1. The molecule has 0 radical (unpaired) electrons. The van der Waals surface area contributed by atoms with Gasteiger partial charge in [-0.3, -0.25) is 9.69 Å². The van der Waals surface area contributed by atoms with Crippen molar-refractivity contribution in [2.24, 2.45) is 0 Å². The van der Waals surface area contributed by atoms with Crippen LogP contribution in [0.1, 0.15) is 42.2 Å². The molecule has 4 nitrogen and oxygen atoms in total. The van der Waals surface area contributed by atoms with Crippen molar-refractivity contribution in [3.63, 3.8) is 0 Å². The lowest BCUT2D eigenvalue weighted by Gasteiger charge is -2.30. The Kier molecular flexibility index (Phi) is 6.03. The molecule has 3 aromatic rings. The number of nitrogens with zero attached hydrogens (tertiary/aromatic N) is 2. The number of aromatic nitrogens is 1. The maximum atomic E-state index is 12.4. The van der Waals surface area contributed by atoms with Crippen LogP contribution in [0.15, 0.2) is 54.6 Å². The number of benzene rings is 2. The molecule has 0 spiro atoms. The van der Waals surface area contributed by atoms with Crippen LogP contribution < -0.4 is 5.32 Å². The molecule has 0 bridgehead atoms. The molecule has 5 heteroatoms.